The summed E-state index contributed by atoms with van der Waals surface area (Å²) >= 11 is 1.70. The topological polar surface area (TPSA) is 72.2 Å². The third-order valence-corrected chi connectivity index (χ3v) is 7.30. The van der Waals surface area contributed by atoms with Crippen molar-refractivity contribution < 1.29 is 23.5 Å². The normalized spacial score (nSPS) is 16.0. The van der Waals surface area contributed by atoms with Gasteiger partial charge in [0.1, 0.15) is 13.2 Å². The van der Waals surface area contributed by atoms with Crippen LogP contribution in [0.4, 0.5) is 0 Å². The Labute approximate surface area is 203 Å². The van der Waals surface area contributed by atoms with Crippen LogP contribution in [0.25, 0.3) is 0 Å². The van der Waals surface area contributed by atoms with Gasteiger partial charge in [0.25, 0.3) is 5.91 Å². The molecule has 1 aliphatic rings. The first-order valence-corrected chi connectivity index (χ1v) is 12.4. The quantitative estimate of drug-likeness (QED) is 0.438. The third-order valence-electron chi connectivity index (χ3n) is 6.30. The Balaban J connectivity index is 1.55. The van der Waals surface area contributed by atoms with E-state index < -0.39 is 0 Å². The van der Waals surface area contributed by atoms with Crippen LogP contribution >= 0.6 is 11.3 Å². The lowest BCUT2D eigenvalue weighted by Crippen LogP contribution is -2.49. The Morgan fingerprint density at radius 1 is 1.21 bits per heavy atom. The van der Waals surface area contributed by atoms with Gasteiger partial charge in [-0.05, 0) is 61.0 Å². The number of hydrogen-bond acceptors (Lipinski definition) is 6. The number of rotatable bonds is 9. The molecule has 0 unspecified atom stereocenters. The van der Waals surface area contributed by atoms with Gasteiger partial charge in [0.15, 0.2) is 17.3 Å². The molecule has 4 rings (SSSR count). The number of carbonyl (C=O) groups is 2. The predicted octanol–water partition coefficient (Wildman–Crippen LogP) is 4.80. The van der Waals surface area contributed by atoms with E-state index in [4.69, 9.17) is 13.9 Å². The Bertz CT molecular complexity index is 1110. The van der Waals surface area contributed by atoms with Crippen LogP contribution in [0.15, 0.2) is 58.5 Å². The van der Waals surface area contributed by atoms with Crippen molar-refractivity contribution in [3.63, 3.8) is 0 Å². The molecular formula is C26H30N2O5S. The molecule has 1 aromatic carbocycles. The van der Waals surface area contributed by atoms with E-state index in [0.29, 0.717) is 24.7 Å². The largest absolute Gasteiger partial charge is 0.493 e. The van der Waals surface area contributed by atoms with Crippen LogP contribution < -0.4 is 9.47 Å². The number of methoxy groups -OCH3 is 1. The molecular weight excluding hydrogens is 452 g/mol. The standard InChI is InChI=1S/C26H30N2O5S/c1-4-18(2)28(26(30)23-10-7-14-32-23)16-25(29)27-13-11-24-19(12-15-34-24)20(27)17-33-22-9-6-5-8-21(22)31-3/h5-10,12,14-15,18,20H,4,11,13,16-17H2,1-3H3/t18-,20+/m1/s1. The minimum absolute atomic E-state index is 0.0147. The Hall–Kier alpha value is -3.26. The Kier molecular flexibility index (Phi) is 7.57. The zero-order valence-corrected chi connectivity index (χ0v) is 20.5. The lowest BCUT2D eigenvalue weighted by Gasteiger charge is -2.38. The summed E-state index contributed by atoms with van der Waals surface area (Å²) in [7, 11) is 1.61. The molecule has 0 N–H and O–H groups in total. The molecule has 8 heteroatoms. The zero-order valence-electron chi connectivity index (χ0n) is 19.7. The molecule has 2 atom stereocenters. The summed E-state index contributed by atoms with van der Waals surface area (Å²) in [6.45, 7) is 4.81. The predicted molar refractivity (Wildman–Crippen MR) is 130 cm³/mol. The third kappa shape index (κ3) is 4.97. The van der Waals surface area contributed by atoms with Gasteiger partial charge in [-0.25, -0.2) is 0 Å². The lowest BCUT2D eigenvalue weighted by molar-refractivity contribution is -0.136. The number of amides is 2. The van der Waals surface area contributed by atoms with Crippen molar-refractivity contribution in [2.24, 2.45) is 0 Å². The Morgan fingerprint density at radius 2 is 2.00 bits per heavy atom. The van der Waals surface area contributed by atoms with Crippen LogP contribution in [-0.4, -0.2) is 54.5 Å². The van der Waals surface area contributed by atoms with Crippen LogP contribution in [0.2, 0.25) is 0 Å². The van der Waals surface area contributed by atoms with E-state index in [0.717, 1.165) is 18.4 Å². The highest BCUT2D eigenvalue weighted by molar-refractivity contribution is 7.10. The number of ether oxygens (including phenoxy) is 2. The summed E-state index contributed by atoms with van der Waals surface area (Å²) in [5.41, 5.74) is 1.10. The van der Waals surface area contributed by atoms with Gasteiger partial charge in [-0.15, -0.1) is 11.3 Å². The van der Waals surface area contributed by atoms with Crippen molar-refractivity contribution in [2.75, 3.05) is 26.8 Å². The summed E-state index contributed by atoms with van der Waals surface area (Å²) in [4.78, 5) is 31.4. The van der Waals surface area contributed by atoms with Crippen molar-refractivity contribution >= 4 is 23.2 Å². The highest BCUT2D eigenvalue weighted by Gasteiger charge is 2.35. The van der Waals surface area contributed by atoms with Gasteiger partial charge in [0.05, 0.1) is 19.4 Å². The van der Waals surface area contributed by atoms with Crippen molar-refractivity contribution in [3.8, 4) is 11.5 Å². The first-order chi connectivity index (χ1) is 16.5. The van der Waals surface area contributed by atoms with Gasteiger partial charge < -0.3 is 23.7 Å². The van der Waals surface area contributed by atoms with Gasteiger partial charge in [0, 0.05) is 17.5 Å². The van der Waals surface area contributed by atoms with E-state index in [1.165, 1.54) is 11.1 Å². The number of carbonyl (C=O) groups excluding carboxylic acids is 2. The maximum absolute atomic E-state index is 13.6. The molecule has 0 aliphatic carbocycles. The SMILES string of the molecule is CC[C@@H](C)N(CC(=O)N1CCc2sccc2[C@@H]1COc1ccccc1OC)C(=O)c1ccco1. The molecule has 3 heterocycles. The van der Waals surface area contributed by atoms with E-state index >= 15 is 0 Å². The summed E-state index contributed by atoms with van der Waals surface area (Å²) in [6, 6.07) is 12.5. The van der Waals surface area contributed by atoms with E-state index in [1.54, 1.807) is 35.5 Å². The minimum Gasteiger partial charge on any atom is -0.493 e. The number of benzene rings is 1. The van der Waals surface area contributed by atoms with Crippen molar-refractivity contribution in [2.45, 2.75) is 38.8 Å². The molecule has 0 saturated heterocycles. The van der Waals surface area contributed by atoms with Crippen LogP contribution in [0.1, 0.15) is 47.3 Å². The summed E-state index contributed by atoms with van der Waals surface area (Å²) in [5.74, 6) is 1.14. The molecule has 0 spiro atoms. The summed E-state index contributed by atoms with van der Waals surface area (Å²) in [5, 5.41) is 2.06. The second-order valence-electron chi connectivity index (χ2n) is 8.28. The van der Waals surface area contributed by atoms with Crippen LogP contribution in [0.5, 0.6) is 11.5 Å². The monoisotopic (exact) mass is 482 g/mol. The number of nitrogens with zero attached hydrogens (tertiary/aromatic N) is 2. The lowest BCUT2D eigenvalue weighted by atomic mass is 10.00. The first kappa shape index (κ1) is 23.9. The molecule has 1 aliphatic heterocycles. The first-order valence-electron chi connectivity index (χ1n) is 11.5. The van der Waals surface area contributed by atoms with Gasteiger partial charge in [-0.3, -0.25) is 9.59 Å². The van der Waals surface area contributed by atoms with Crippen molar-refractivity contribution in [1.82, 2.24) is 9.80 Å². The molecule has 7 nitrogen and oxygen atoms in total. The fourth-order valence-electron chi connectivity index (χ4n) is 4.21. The van der Waals surface area contributed by atoms with Crippen LogP contribution in [-0.2, 0) is 11.2 Å². The van der Waals surface area contributed by atoms with Crippen LogP contribution in [0.3, 0.4) is 0 Å². The fraction of sp³-hybridized carbons (Fsp3) is 0.385. The molecule has 0 fully saturated rings. The zero-order chi connectivity index (χ0) is 24.1. The maximum atomic E-state index is 13.6. The molecule has 0 radical (unpaired) electrons. The highest BCUT2D eigenvalue weighted by Crippen LogP contribution is 2.35. The smallest absolute Gasteiger partial charge is 0.290 e. The summed E-state index contributed by atoms with van der Waals surface area (Å²) in [6.07, 6.45) is 2.99. The van der Waals surface area contributed by atoms with Gasteiger partial charge >= 0.3 is 0 Å². The second kappa shape index (κ2) is 10.8. The molecule has 3 aromatic rings. The van der Waals surface area contributed by atoms with E-state index in [-0.39, 0.29) is 36.2 Å². The molecule has 34 heavy (non-hydrogen) atoms. The number of hydrogen-bond donors (Lipinski definition) is 0. The van der Waals surface area contributed by atoms with E-state index in [9.17, 15) is 9.59 Å². The van der Waals surface area contributed by atoms with Gasteiger partial charge in [-0.1, -0.05) is 19.1 Å². The fourth-order valence-corrected chi connectivity index (χ4v) is 5.14. The van der Waals surface area contributed by atoms with Crippen molar-refractivity contribution in [1.29, 1.82) is 0 Å². The summed E-state index contributed by atoms with van der Waals surface area (Å²) < 4.78 is 16.9. The molecule has 0 saturated carbocycles. The Morgan fingerprint density at radius 3 is 2.71 bits per heavy atom. The number of thiophene rings is 1. The molecule has 2 amide bonds. The van der Waals surface area contributed by atoms with E-state index in [2.05, 4.69) is 11.4 Å². The van der Waals surface area contributed by atoms with Gasteiger partial charge in [-0.2, -0.15) is 0 Å². The maximum Gasteiger partial charge on any atom is 0.290 e. The second-order valence-corrected chi connectivity index (χ2v) is 9.28. The molecule has 2 aromatic heterocycles. The van der Waals surface area contributed by atoms with Gasteiger partial charge in [0.2, 0.25) is 5.91 Å². The number of fused-ring (bicyclic) bond motifs is 1. The van der Waals surface area contributed by atoms with E-state index in [1.807, 2.05) is 43.0 Å². The van der Waals surface area contributed by atoms with Crippen LogP contribution in [0, 0.1) is 0 Å². The highest BCUT2D eigenvalue weighted by atomic mass is 32.1. The number of para-hydroxylation sites is 2. The average molecular weight is 483 g/mol. The minimum atomic E-state index is -0.275. The molecule has 0 bridgehead atoms. The molecule has 180 valence electrons. The average Bonchev–Trinajstić information content (AvgIpc) is 3.57. The number of furan rings is 1. The van der Waals surface area contributed by atoms with Crippen molar-refractivity contribution in [3.05, 3.63) is 70.3 Å².